The monoisotopic (exact) mass is 612 g/mol. The molecule has 2 N–H and O–H groups in total. The summed E-state index contributed by atoms with van der Waals surface area (Å²) in [5.74, 6) is 3.12. The van der Waals surface area contributed by atoms with Gasteiger partial charge in [-0.15, -0.1) is 0 Å². The van der Waals surface area contributed by atoms with Crippen LogP contribution >= 0.6 is 0 Å². The number of nitrogens with one attached hydrogen (secondary N) is 2. The Kier molecular flexibility index (Phi) is 9.97. The molecule has 4 aromatic rings. The van der Waals surface area contributed by atoms with Crippen molar-refractivity contribution in [1.82, 2.24) is 9.97 Å². The summed E-state index contributed by atoms with van der Waals surface area (Å²) in [6, 6.07) is 8.34. The number of unbranched alkanes of at least 4 members (excludes halogenated alkanes) is 2. The third-order valence-electron chi connectivity index (χ3n) is 8.81. The third kappa shape index (κ3) is 6.56. The number of aryl methyl sites for hydroxylation is 2. The first-order valence-electron chi connectivity index (χ1n) is 17.1. The van der Waals surface area contributed by atoms with Crippen molar-refractivity contribution < 1.29 is 18.9 Å². The van der Waals surface area contributed by atoms with Gasteiger partial charge < -0.3 is 29.6 Å². The van der Waals surface area contributed by atoms with Crippen LogP contribution in [0.5, 0.6) is 23.0 Å². The van der Waals surface area contributed by atoms with Crippen LogP contribution in [-0.2, 0) is 25.7 Å². The molecule has 0 unspecified atom stereocenters. The van der Waals surface area contributed by atoms with Crippen LogP contribution in [-0.4, -0.2) is 49.5 Å². The van der Waals surface area contributed by atoms with Crippen LogP contribution in [0.1, 0.15) is 82.3 Å². The van der Waals surface area contributed by atoms with Crippen molar-refractivity contribution in [3.05, 3.63) is 46.8 Å². The van der Waals surface area contributed by atoms with Gasteiger partial charge in [-0.25, -0.2) is 0 Å². The summed E-state index contributed by atoms with van der Waals surface area (Å²) in [5, 5.41) is 9.89. The lowest BCUT2D eigenvalue weighted by molar-refractivity contribution is 0.288. The number of benzene rings is 2. The minimum atomic E-state index is 0.597. The quantitative estimate of drug-likeness (QED) is 0.123. The first-order valence-corrected chi connectivity index (χ1v) is 17.1. The molecule has 6 rings (SSSR count). The summed E-state index contributed by atoms with van der Waals surface area (Å²) in [7, 11) is 0. The molecule has 0 spiro atoms. The standard InChI is InChI=1S/C37H48N4O4/c1-5-42-32-20-26-30(22-34(32)44-7-3)40-28-16-12-14-24(28)36(26)38-18-10-9-11-19-39-37-25-15-13-17-29(25)41-31-23-35(45-8-4)33(43-6-2)21-27(31)37/h20-23H,5-19H2,1-4H3,(H,38,40)(H,39,41). The zero-order valence-corrected chi connectivity index (χ0v) is 27.4. The number of hydrogen-bond acceptors (Lipinski definition) is 8. The number of anilines is 2. The highest BCUT2D eigenvalue weighted by molar-refractivity contribution is 5.97. The lowest BCUT2D eigenvalue weighted by Crippen LogP contribution is -2.09. The minimum absolute atomic E-state index is 0.597. The van der Waals surface area contributed by atoms with Crippen LogP contribution in [0.15, 0.2) is 24.3 Å². The Bertz CT molecular complexity index is 1530. The number of pyridine rings is 2. The molecule has 45 heavy (non-hydrogen) atoms. The molecule has 240 valence electrons. The third-order valence-corrected chi connectivity index (χ3v) is 8.81. The van der Waals surface area contributed by atoms with Gasteiger partial charge in [0.15, 0.2) is 23.0 Å². The molecule has 0 radical (unpaired) electrons. The lowest BCUT2D eigenvalue weighted by atomic mass is 10.1. The van der Waals surface area contributed by atoms with Crippen LogP contribution in [0.3, 0.4) is 0 Å². The van der Waals surface area contributed by atoms with E-state index in [1.807, 2.05) is 39.8 Å². The number of hydrogen-bond donors (Lipinski definition) is 2. The molecule has 0 saturated carbocycles. The second kappa shape index (κ2) is 14.4. The summed E-state index contributed by atoms with van der Waals surface area (Å²) < 4.78 is 23.7. The zero-order chi connectivity index (χ0) is 31.2. The fourth-order valence-electron chi connectivity index (χ4n) is 6.87. The maximum absolute atomic E-state index is 5.96. The minimum Gasteiger partial charge on any atom is -0.490 e. The smallest absolute Gasteiger partial charge is 0.163 e. The van der Waals surface area contributed by atoms with E-state index in [1.165, 1.54) is 33.9 Å². The van der Waals surface area contributed by atoms with Crippen molar-refractivity contribution in [3.8, 4) is 23.0 Å². The molecule has 8 heteroatoms. The number of fused-ring (bicyclic) bond motifs is 4. The van der Waals surface area contributed by atoms with Gasteiger partial charge in [0.05, 0.1) is 37.5 Å². The van der Waals surface area contributed by atoms with Gasteiger partial charge in [0, 0.05) is 58.8 Å². The summed E-state index contributed by atoms with van der Waals surface area (Å²) in [6.45, 7) is 12.3. The van der Waals surface area contributed by atoms with E-state index < -0.39 is 0 Å². The van der Waals surface area contributed by atoms with Crippen LogP contribution in [0.25, 0.3) is 21.8 Å². The molecule has 8 nitrogen and oxygen atoms in total. The highest BCUT2D eigenvalue weighted by atomic mass is 16.5. The van der Waals surface area contributed by atoms with Crippen molar-refractivity contribution in [1.29, 1.82) is 0 Å². The summed E-state index contributed by atoms with van der Waals surface area (Å²) in [4.78, 5) is 10.1. The molecular formula is C37H48N4O4. The van der Waals surface area contributed by atoms with E-state index >= 15 is 0 Å². The Labute approximate surface area is 267 Å². The highest BCUT2D eigenvalue weighted by Crippen LogP contribution is 2.41. The van der Waals surface area contributed by atoms with Crippen molar-refractivity contribution in [2.24, 2.45) is 0 Å². The largest absolute Gasteiger partial charge is 0.490 e. The SMILES string of the molecule is CCOc1cc2nc3c(c(NCCCCCNc4c5c(nc6cc(OCC)c(OCC)cc46)CCC5)c2cc1OCC)CCC3. The average molecular weight is 613 g/mol. The molecule has 0 aliphatic heterocycles. The van der Waals surface area contributed by atoms with Gasteiger partial charge in [-0.05, 0) is 109 Å². The summed E-state index contributed by atoms with van der Waals surface area (Å²) in [6.07, 6.45) is 9.85. The van der Waals surface area contributed by atoms with Gasteiger partial charge in [0.1, 0.15) is 0 Å². The number of aromatic nitrogens is 2. The average Bonchev–Trinajstić information content (AvgIpc) is 3.71. The highest BCUT2D eigenvalue weighted by Gasteiger charge is 2.23. The Morgan fingerprint density at radius 1 is 0.533 bits per heavy atom. The van der Waals surface area contributed by atoms with Gasteiger partial charge in [-0.1, -0.05) is 0 Å². The molecule has 0 saturated heterocycles. The zero-order valence-electron chi connectivity index (χ0n) is 27.4. The normalized spacial score (nSPS) is 13.6. The first kappa shape index (κ1) is 31.1. The fraction of sp³-hybridized carbons (Fsp3) is 0.514. The van der Waals surface area contributed by atoms with Gasteiger partial charge in [-0.2, -0.15) is 0 Å². The van der Waals surface area contributed by atoms with E-state index in [-0.39, 0.29) is 0 Å². The van der Waals surface area contributed by atoms with E-state index in [2.05, 4.69) is 22.8 Å². The van der Waals surface area contributed by atoms with Crippen LogP contribution in [0, 0.1) is 0 Å². The molecule has 2 aliphatic carbocycles. The van der Waals surface area contributed by atoms with E-state index in [0.717, 1.165) is 116 Å². The summed E-state index contributed by atoms with van der Waals surface area (Å²) >= 11 is 0. The Balaban J connectivity index is 1.12. The van der Waals surface area contributed by atoms with Crippen molar-refractivity contribution >= 4 is 33.2 Å². The number of rotatable bonds is 16. The molecule has 0 atom stereocenters. The Hall–Kier alpha value is -3.94. The predicted octanol–water partition coefficient (Wildman–Crippen LogP) is 8.05. The van der Waals surface area contributed by atoms with Gasteiger partial charge in [-0.3, -0.25) is 9.97 Å². The Morgan fingerprint density at radius 3 is 1.33 bits per heavy atom. The maximum Gasteiger partial charge on any atom is 0.163 e. The molecular weight excluding hydrogens is 564 g/mol. The second-order valence-electron chi connectivity index (χ2n) is 11.8. The van der Waals surface area contributed by atoms with Crippen LogP contribution in [0.2, 0.25) is 0 Å². The van der Waals surface area contributed by atoms with Crippen molar-refractivity contribution in [2.75, 3.05) is 50.2 Å². The van der Waals surface area contributed by atoms with Crippen LogP contribution in [0.4, 0.5) is 11.4 Å². The fourth-order valence-corrected chi connectivity index (χ4v) is 6.87. The number of nitrogens with zero attached hydrogens (tertiary/aromatic N) is 2. The predicted molar refractivity (Wildman–Crippen MR) is 183 cm³/mol. The Morgan fingerprint density at radius 2 is 0.933 bits per heavy atom. The van der Waals surface area contributed by atoms with Gasteiger partial charge in [0.25, 0.3) is 0 Å². The second-order valence-corrected chi connectivity index (χ2v) is 11.8. The van der Waals surface area contributed by atoms with E-state index in [4.69, 9.17) is 28.9 Å². The lowest BCUT2D eigenvalue weighted by Gasteiger charge is -2.18. The van der Waals surface area contributed by atoms with Crippen molar-refractivity contribution in [2.45, 2.75) is 85.5 Å². The first-order chi connectivity index (χ1) is 22.1. The maximum atomic E-state index is 5.96. The van der Waals surface area contributed by atoms with E-state index in [9.17, 15) is 0 Å². The van der Waals surface area contributed by atoms with Crippen LogP contribution < -0.4 is 29.6 Å². The van der Waals surface area contributed by atoms with Gasteiger partial charge in [0.2, 0.25) is 0 Å². The molecule has 0 amide bonds. The van der Waals surface area contributed by atoms with E-state index in [1.54, 1.807) is 0 Å². The van der Waals surface area contributed by atoms with Crippen molar-refractivity contribution in [3.63, 3.8) is 0 Å². The molecule has 2 aromatic carbocycles. The molecule has 2 aromatic heterocycles. The summed E-state index contributed by atoms with van der Waals surface area (Å²) in [5.41, 5.74) is 9.59. The van der Waals surface area contributed by atoms with E-state index in [0.29, 0.717) is 26.4 Å². The topological polar surface area (TPSA) is 86.8 Å². The molecule has 0 bridgehead atoms. The number of ether oxygens (including phenoxy) is 4. The molecule has 2 aliphatic rings. The van der Waals surface area contributed by atoms with Gasteiger partial charge >= 0.3 is 0 Å². The molecule has 0 fully saturated rings. The molecule has 2 heterocycles.